The Kier molecular flexibility index (Phi) is 4.69. The van der Waals surface area contributed by atoms with Crippen LogP contribution < -0.4 is 11.1 Å². The average molecular weight is 286 g/mol. The van der Waals surface area contributed by atoms with Crippen molar-refractivity contribution in [1.82, 2.24) is 0 Å². The van der Waals surface area contributed by atoms with Crippen molar-refractivity contribution in [2.24, 2.45) is 0 Å². The van der Waals surface area contributed by atoms with Gasteiger partial charge in [0.15, 0.2) is 0 Å². The fourth-order valence-corrected chi connectivity index (χ4v) is 2.58. The van der Waals surface area contributed by atoms with Gasteiger partial charge in [0.1, 0.15) is 0 Å². The van der Waals surface area contributed by atoms with Gasteiger partial charge in [-0.1, -0.05) is 24.3 Å². The van der Waals surface area contributed by atoms with Crippen molar-refractivity contribution < 1.29 is 4.79 Å². The van der Waals surface area contributed by atoms with Gasteiger partial charge in [0.05, 0.1) is 5.75 Å². The minimum atomic E-state index is -0.0230. The normalized spacial score (nSPS) is 10.3. The third-order valence-corrected chi connectivity index (χ3v) is 4.01. The number of nitrogens with two attached hydrogens (primary N) is 1. The minimum Gasteiger partial charge on any atom is -0.398 e. The Morgan fingerprint density at radius 3 is 2.55 bits per heavy atom. The number of hydrogen-bond acceptors (Lipinski definition) is 3. The van der Waals surface area contributed by atoms with Crippen molar-refractivity contribution in [1.29, 1.82) is 0 Å². The van der Waals surface area contributed by atoms with Crippen LogP contribution in [0.5, 0.6) is 0 Å². The van der Waals surface area contributed by atoms with E-state index in [9.17, 15) is 4.79 Å². The minimum absolute atomic E-state index is 0.0230. The summed E-state index contributed by atoms with van der Waals surface area (Å²) in [4.78, 5) is 13.0. The van der Waals surface area contributed by atoms with E-state index in [-0.39, 0.29) is 5.91 Å². The van der Waals surface area contributed by atoms with Crippen LogP contribution in [0.25, 0.3) is 0 Å². The van der Waals surface area contributed by atoms with Gasteiger partial charge < -0.3 is 11.1 Å². The molecule has 0 fully saturated rings. The lowest BCUT2D eigenvalue weighted by atomic mass is 10.1. The second-order valence-corrected chi connectivity index (χ2v) is 5.72. The summed E-state index contributed by atoms with van der Waals surface area (Å²) >= 11 is 1.52. The number of nitrogens with one attached hydrogen (secondary N) is 1. The molecule has 0 saturated heterocycles. The van der Waals surface area contributed by atoms with Crippen molar-refractivity contribution in [3.63, 3.8) is 0 Å². The van der Waals surface area contributed by atoms with E-state index in [2.05, 4.69) is 5.32 Å². The van der Waals surface area contributed by atoms with Gasteiger partial charge in [0, 0.05) is 16.3 Å². The highest BCUT2D eigenvalue weighted by Gasteiger charge is 2.07. The summed E-state index contributed by atoms with van der Waals surface area (Å²) in [6, 6.07) is 13.7. The zero-order chi connectivity index (χ0) is 14.5. The monoisotopic (exact) mass is 286 g/mol. The first-order chi connectivity index (χ1) is 9.56. The van der Waals surface area contributed by atoms with E-state index < -0.39 is 0 Å². The number of aryl methyl sites for hydroxylation is 2. The fraction of sp³-hybridized carbons (Fsp3) is 0.188. The van der Waals surface area contributed by atoms with Crippen LogP contribution in [0, 0.1) is 13.8 Å². The Bertz CT molecular complexity index is 611. The molecule has 0 aliphatic rings. The number of benzene rings is 2. The Labute approximate surface area is 123 Å². The summed E-state index contributed by atoms with van der Waals surface area (Å²) in [5.41, 5.74) is 9.40. The van der Waals surface area contributed by atoms with Gasteiger partial charge in [-0.3, -0.25) is 4.79 Å². The first kappa shape index (κ1) is 14.5. The number of carbonyl (C=O) groups excluding carboxylic acids is 1. The van der Waals surface area contributed by atoms with Gasteiger partial charge in [-0.05, 0) is 43.2 Å². The van der Waals surface area contributed by atoms with Crippen LogP contribution in [-0.4, -0.2) is 11.7 Å². The Morgan fingerprint density at radius 1 is 1.15 bits per heavy atom. The smallest absolute Gasteiger partial charge is 0.234 e. The van der Waals surface area contributed by atoms with Gasteiger partial charge in [-0.25, -0.2) is 0 Å². The number of nitrogen functional groups attached to an aromatic ring is 1. The quantitative estimate of drug-likeness (QED) is 0.667. The molecule has 4 heteroatoms. The van der Waals surface area contributed by atoms with E-state index in [0.29, 0.717) is 11.4 Å². The van der Waals surface area contributed by atoms with Gasteiger partial charge in [-0.15, -0.1) is 11.8 Å². The molecule has 0 aliphatic heterocycles. The van der Waals surface area contributed by atoms with Crippen molar-refractivity contribution in [3.05, 3.63) is 53.6 Å². The summed E-state index contributed by atoms with van der Waals surface area (Å²) in [6.45, 7) is 3.92. The van der Waals surface area contributed by atoms with Gasteiger partial charge >= 0.3 is 0 Å². The summed E-state index contributed by atoms with van der Waals surface area (Å²) < 4.78 is 0. The second-order valence-electron chi connectivity index (χ2n) is 4.67. The zero-order valence-electron chi connectivity index (χ0n) is 11.6. The Balaban J connectivity index is 1.97. The molecule has 2 aromatic rings. The summed E-state index contributed by atoms with van der Waals surface area (Å²) in [5.74, 6) is 0.363. The first-order valence-electron chi connectivity index (χ1n) is 6.40. The number of hydrogen-bond donors (Lipinski definition) is 2. The molecule has 0 unspecified atom stereocenters. The maximum absolute atomic E-state index is 12.0. The van der Waals surface area contributed by atoms with Crippen molar-refractivity contribution in [2.45, 2.75) is 18.7 Å². The highest BCUT2D eigenvalue weighted by atomic mass is 32.2. The molecule has 104 valence electrons. The van der Waals surface area contributed by atoms with Crippen LogP contribution in [0.15, 0.2) is 47.4 Å². The summed E-state index contributed by atoms with van der Waals surface area (Å²) in [6.07, 6.45) is 0. The lowest BCUT2D eigenvalue weighted by Crippen LogP contribution is -2.15. The van der Waals surface area contributed by atoms with E-state index in [0.717, 1.165) is 21.7 Å². The SMILES string of the molecule is Cc1cc(C)c(NC(=O)CSc2ccccc2)cc1N. The van der Waals surface area contributed by atoms with Crippen LogP contribution in [-0.2, 0) is 4.79 Å². The molecule has 3 nitrogen and oxygen atoms in total. The standard InChI is InChI=1S/C16H18N2OS/c1-11-8-12(2)15(9-14(11)17)18-16(19)10-20-13-6-4-3-5-7-13/h3-9H,10,17H2,1-2H3,(H,18,19). The highest BCUT2D eigenvalue weighted by molar-refractivity contribution is 8.00. The van der Waals surface area contributed by atoms with E-state index in [1.54, 1.807) is 0 Å². The van der Waals surface area contributed by atoms with Gasteiger partial charge in [0.2, 0.25) is 5.91 Å². The number of rotatable bonds is 4. The molecule has 0 spiro atoms. The number of anilines is 2. The topological polar surface area (TPSA) is 55.1 Å². The molecule has 0 atom stereocenters. The van der Waals surface area contributed by atoms with Crippen molar-refractivity contribution in [2.75, 3.05) is 16.8 Å². The van der Waals surface area contributed by atoms with Crippen LogP contribution in [0.2, 0.25) is 0 Å². The number of carbonyl (C=O) groups is 1. The summed E-state index contributed by atoms with van der Waals surface area (Å²) in [7, 11) is 0. The lowest BCUT2D eigenvalue weighted by molar-refractivity contribution is -0.113. The van der Waals surface area contributed by atoms with Crippen molar-refractivity contribution in [3.8, 4) is 0 Å². The second kappa shape index (κ2) is 6.48. The van der Waals surface area contributed by atoms with E-state index in [1.165, 1.54) is 11.8 Å². The maximum atomic E-state index is 12.0. The van der Waals surface area contributed by atoms with Crippen LogP contribution >= 0.6 is 11.8 Å². The molecular weight excluding hydrogens is 268 g/mol. The van der Waals surface area contributed by atoms with Gasteiger partial charge in [-0.2, -0.15) is 0 Å². The van der Waals surface area contributed by atoms with Crippen LogP contribution in [0.4, 0.5) is 11.4 Å². The van der Waals surface area contributed by atoms with Crippen LogP contribution in [0.1, 0.15) is 11.1 Å². The van der Waals surface area contributed by atoms with Crippen LogP contribution in [0.3, 0.4) is 0 Å². The predicted octanol–water partition coefficient (Wildman–Crippen LogP) is 3.62. The average Bonchev–Trinajstić information content (AvgIpc) is 2.44. The molecule has 1 amide bonds. The third kappa shape index (κ3) is 3.78. The number of amides is 1. The van der Waals surface area contributed by atoms with E-state index >= 15 is 0 Å². The lowest BCUT2D eigenvalue weighted by Gasteiger charge is -2.11. The molecule has 0 radical (unpaired) electrons. The molecule has 0 heterocycles. The molecule has 0 saturated carbocycles. The fourth-order valence-electron chi connectivity index (χ4n) is 1.86. The molecule has 3 N–H and O–H groups in total. The zero-order valence-corrected chi connectivity index (χ0v) is 12.5. The van der Waals surface area contributed by atoms with E-state index in [4.69, 9.17) is 5.73 Å². The first-order valence-corrected chi connectivity index (χ1v) is 7.39. The molecule has 0 bridgehead atoms. The van der Waals surface area contributed by atoms with Gasteiger partial charge in [0.25, 0.3) is 0 Å². The molecule has 0 aromatic heterocycles. The summed E-state index contributed by atoms with van der Waals surface area (Å²) in [5, 5.41) is 2.91. The number of thioether (sulfide) groups is 1. The Morgan fingerprint density at radius 2 is 1.85 bits per heavy atom. The van der Waals surface area contributed by atoms with Crippen molar-refractivity contribution >= 4 is 29.0 Å². The predicted molar refractivity (Wildman–Crippen MR) is 86.1 cm³/mol. The molecule has 2 rings (SSSR count). The Hall–Kier alpha value is -1.94. The largest absolute Gasteiger partial charge is 0.398 e. The van der Waals surface area contributed by atoms with E-state index in [1.807, 2.05) is 56.3 Å². The highest BCUT2D eigenvalue weighted by Crippen LogP contribution is 2.23. The molecule has 0 aliphatic carbocycles. The maximum Gasteiger partial charge on any atom is 0.234 e. The third-order valence-electron chi connectivity index (χ3n) is 3.00. The molecule has 20 heavy (non-hydrogen) atoms. The molecule has 2 aromatic carbocycles. The molecular formula is C16H18N2OS.